The van der Waals surface area contributed by atoms with E-state index in [1.807, 2.05) is 0 Å². The summed E-state index contributed by atoms with van der Waals surface area (Å²) in [6.07, 6.45) is 16.2. The van der Waals surface area contributed by atoms with E-state index in [9.17, 15) is 8.42 Å². The molecule has 6 nitrogen and oxygen atoms in total. The highest BCUT2D eigenvalue weighted by Crippen LogP contribution is 2.12. The molecule has 0 radical (unpaired) electrons. The zero-order chi connectivity index (χ0) is 17.7. The molecule has 0 fully saturated rings. The number of nitrogens with one attached hydrogen (secondary N) is 1. The van der Waals surface area contributed by atoms with Crippen LogP contribution in [0.1, 0.15) is 82.7 Å². The summed E-state index contributed by atoms with van der Waals surface area (Å²) in [6.45, 7) is 2.14. The Labute approximate surface area is 146 Å². The van der Waals surface area contributed by atoms with Gasteiger partial charge in [-0.2, -0.15) is 8.42 Å². The summed E-state index contributed by atoms with van der Waals surface area (Å²) in [4.78, 5) is 7.35. The van der Waals surface area contributed by atoms with Gasteiger partial charge in [0.25, 0.3) is 0 Å². The first-order valence-electron chi connectivity index (χ1n) is 9.16. The van der Waals surface area contributed by atoms with E-state index >= 15 is 0 Å². The molecule has 1 aromatic heterocycles. The predicted molar refractivity (Wildman–Crippen MR) is 95.3 cm³/mol. The second kappa shape index (κ2) is 12.4. The average Bonchev–Trinajstić information content (AvgIpc) is 2.96. The fourth-order valence-electron chi connectivity index (χ4n) is 2.71. The maximum absolute atomic E-state index is 10.4. The number of imidazole rings is 1. The van der Waals surface area contributed by atoms with Crippen molar-refractivity contribution in [1.82, 2.24) is 9.97 Å². The largest absolute Gasteiger partial charge is 0.397 e. The minimum absolute atomic E-state index is 0.107. The summed E-state index contributed by atoms with van der Waals surface area (Å²) in [5, 5.41) is 0. The monoisotopic (exact) mass is 360 g/mol. The maximum Gasteiger partial charge on any atom is 0.397 e. The molecule has 7 heteroatoms. The summed E-state index contributed by atoms with van der Waals surface area (Å²) >= 11 is 0. The van der Waals surface area contributed by atoms with Crippen molar-refractivity contribution in [2.75, 3.05) is 6.61 Å². The number of hydrogen-bond donors (Lipinski definition) is 2. The third kappa shape index (κ3) is 11.6. The van der Waals surface area contributed by atoms with Crippen LogP contribution in [0, 0.1) is 0 Å². The molecule has 140 valence electrons. The Morgan fingerprint density at radius 3 is 2.17 bits per heavy atom. The molecule has 0 saturated carbocycles. The molecule has 1 rings (SSSR count). The quantitative estimate of drug-likeness (QED) is 0.360. The van der Waals surface area contributed by atoms with Crippen molar-refractivity contribution >= 4 is 10.4 Å². The molecule has 0 bridgehead atoms. The van der Waals surface area contributed by atoms with Crippen molar-refractivity contribution in [3.8, 4) is 0 Å². The zero-order valence-corrected chi connectivity index (χ0v) is 15.6. The normalized spacial score (nSPS) is 11.9. The Morgan fingerprint density at radius 2 is 1.58 bits per heavy atom. The molecule has 1 heterocycles. The molecule has 0 amide bonds. The smallest absolute Gasteiger partial charge is 0.346 e. The van der Waals surface area contributed by atoms with Crippen LogP contribution >= 0.6 is 0 Å². The number of H-pyrrole nitrogens is 1. The lowest BCUT2D eigenvalue weighted by atomic mass is 10.1. The number of unbranched alkanes of at least 4 members (excludes halogenated alkanes) is 9. The fourth-order valence-corrected chi connectivity index (χ4v) is 3.00. The first kappa shape index (κ1) is 21.1. The van der Waals surface area contributed by atoms with Crippen LogP contribution in [0.15, 0.2) is 6.20 Å². The number of aryl methyl sites for hydroxylation is 1. The van der Waals surface area contributed by atoms with Gasteiger partial charge < -0.3 is 4.98 Å². The summed E-state index contributed by atoms with van der Waals surface area (Å²) in [6, 6.07) is 0. The Morgan fingerprint density at radius 1 is 1.00 bits per heavy atom. The van der Waals surface area contributed by atoms with Crippen LogP contribution in [-0.4, -0.2) is 29.5 Å². The van der Waals surface area contributed by atoms with Crippen molar-refractivity contribution in [1.29, 1.82) is 0 Å². The van der Waals surface area contributed by atoms with Crippen LogP contribution in [0.4, 0.5) is 0 Å². The standard InChI is InChI=1S/C17H32N2O4S/c1-2-3-4-5-6-7-8-9-10-11-12-16-15-18-17(19-16)13-14-23-24(20,21)22/h15H,2-14H2,1H3,(H,18,19)(H,20,21,22). The van der Waals surface area contributed by atoms with E-state index in [2.05, 4.69) is 21.1 Å². The number of nitrogens with zero attached hydrogens (tertiary/aromatic N) is 1. The lowest BCUT2D eigenvalue weighted by molar-refractivity contribution is 0.270. The molecule has 1 aromatic rings. The van der Waals surface area contributed by atoms with E-state index in [1.54, 1.807) is 6.20 Å². The zero-order valence-electron chi connectivity index (χ0n) is 14.8. The van der Waals surface area contributed by atoms with Gasteiger partial charge in [0.05, 0.1) is 6.61 Å². The van der Waals surface area contributed by atoms with Crippen molar-refractivity contribution < 1.29 is 17.2 Å². The number of rotatable bonds is 15. The van der Waals surface area contributed by atoms with Crippen LogP contribution in [-0.2, 0) is 27.4 Å². The van der Waals surface area contributed by atoms with E-state index in [-0.39, 0.29) is 6.61 Å². The third-order valence-corrected chi connectivity index (χ3v) is 4.52. The highest BCUT2D eigenvalue weighted by Gasteiger charge is 2.06. The van der Waals surface area contributed by atoms with Gasteiger partial charge in [0.15, 0.2) is 0 Å². The lowest BCUT2D eigenvalue weighted by Crippen LogP contribution is -2.07. The van der Waals surface area contributed by atoms with Gasteiger partial charge in [0.1, 0.15) is 5.82 Å². The highest BCUT2D eigenvalue weighted by atomic mass is 32.3. The number of aromatic amines is 1. The first-order chi connectivity index (χ1) is 11.5. The molecule has 2 N–H and O–H groups in total. The Kier molecular flexibility index (Phi) is 11.0. The van der Waals surface area contributed by atoms with Crippen molar-refractivity contribution in [2.45, 2.75) is 84.0 Å². The van der Waals surface area contributed by atoms with Crippen LogP contribution in [0.25, 0.3) is 0 Å². The molecule has 0 aliphatic heterocycles. The SMILES string of the molecule is CCCCCCCCCCCCc1cnc(CCOS(=O)(=O)O)[nH]1. The number of aromatic nitrogens is 2. The van der Waals surface area contributed by atoms with Crippen LogP contribution in [0.5, 0.6) is 0 Å². The van der Waals surface area contributed by atoms with Crippen molar-refractivity contribution in [3.63, 3.8) is 0 Å². The third-order valence-electron chi connectivity index (χ3n) is 4.05. The molecule has 0 unspecified atom stereocenters. The van der Waals surface area contributed by atoms with Gasteiger partial charge in [-0.1, -0.05) is 64.7 Å². The number of hydrogen-bond acceptors (Lipinski definition) is 4. The topological polar surface area (TPSA) is 92.3 Å². The Bertz CT molecular complexity index is 528. The molecule has 0 aliphatic carbocycles. The van der Waals surface area contributed by atoms with Crippen molar-refractivity contribution in [2.24, 2.45) is 0 Å². The van der Waals surface area contributed by atoms with Gasteiger partial charge >= 0.3 is 10.4 Å². The molecule has 0 saturated heterocycles. The summed E-state index contributed by atoms with van der Waals surface area (Å²) in [5.74, 6) is 0.681. The van der Waals surface area contributed by atoms with Gasteiger partial charge in [0, 0.05) is 18.3 Å². The van der Waals surface area contributed by atoms with E-state index < -0.39 is 10.4 Å². The molecular weight excluding hydrogens is 328 g/mol. The molecule has 0 aromatic carbocycles. The maximum atomic E-state index is 10.4. The minimum atomic E-state index is -4.36. The van der Waals surface area contributed by atoms with Gasteiger partial charge in [-0.3, -0.25) is 4.55 Å². The lowest BCUT2D eigenvalue weighted by Gasteiger charge is -2.02. The van der Waals surface area contributed by atoms with Gasteiger partial charge in [-0.15, -0.1) is 0 Å². The van der Waals surface area contributed by atoms with Crippen LogP contribution in [0.2, 0.25) is 0 Å². The second-order valence-corrected chi connectivity index (χ2v) is 7.38. The van der Waals surface area contributed by atoms with E-state index in [4.69, 9.17) is 4.55 Å². The van der Waals surface area contributed by atoms with E-state index in [1.165, 1.54) is 57.8 Å². The van der Waals surface area contributed by atoms with Gasteiger partial charge in [0.2, 0.25) is 0 Å². The predicted octanol–water partition coefficient (Wildman–Crippen LogP) is 4.24. The van der Waals surface area contributed by atoms with E-state index in [0.717, 1.165) is 18.5 Å². The van der Waals surface area contributed by atoms with Crippen molar-refractivity contribution in [3.05, 3.63) is 17.7 Å². The van der Waals surface area contributed by atoms with Crippen LogP contribution < -0.4 is 0 Å². The molecule has 0 aliphatic rings. The molecular formula is C17H32N2O4S. The molecule has 0 spiro atoms. The summed E-state index contributed by atoms with van der Waals surface area (Å²) < 4.78 is 33.6. The van der Waals surface area contributed by atoms with Gasteiger partial charge in [-0.05, 0) is 12.8 Å². The van der Waals surface area contributed by atoms with Crippen LogP contribution in [0.3, 0.4) is 0 Å². The highest BCUT2D eigenvalue weighted by molar-refractivity contribution is 7.80. The van der Waals surface area contributed by atoms with Gasteiger partial charge in [-0.25, -0.2) is 9.17 Å². The minimum Gasteiger partial charge on any atom is -0.346 e. The molecule has 0 atom stereocenters. The Balaban J connectivity index is 2.00. The summed E-state index contributed by atoms with van der Waals surface area (Å²) in [7, 11) is -4.36. The second-order valence-electron chi connectivity index (χ2n) is 6.29. The van der Waals surface area contributed by atoms with E-state index in [0.29, 0.717) is 12.2 Å². The Hall–Kier alpha value is -0.920. The average molecular weight is 361 g/mol. The molecule has 24 heavy (non-hydrogen) atoms. The first-order valence-corrected chi connectivity index (χ1v) is 10.5. The summed E-state index contributed by atoms with van der Waals surface area (Å²) in [5.41, 5.74) is 1.07. The fraction of sp³-hybridized carbons (Fsp3) is 0.824.